The zero-order chi connectivity index (χ0) is 21.6. The third-order valence-electron chi connectivity index (χ3n) is 4.71. The van der Waals surface area contributed by atoms with E-state index in [4.69, 9.17) is 23.8 Å². The van der Waals surface area contributed by atoms with E-state index < -0.39 is 54.1 Å². The molecule has 0 N–H and O–H groups in total. The molecule has 29 heavy (non-hydrogen) atoms. The fraction of sp³-hybridized carbons (Fsp3) is 0.667. The van der Waals surface area contributed by atoms with Crippen molar-refractivity contribution in [2.75, 3.05) is 14.2 Å². The Morgan fingerprint density at radius 3 is 2.52 bits per heavy atom. The molecule has 1 aromatic rings. The molecule has 3 rings (SSSR count). The number of rotatable bonds is 4. The lowest BCUT2D eigenvalue weighted by atomic mass is 9.95. The van der Waals surface area contributed by atoms with Crippen molar-refractivity contribution in [3.63, 3.8) is 0 Å². The molecule has 0 aliphatic carbocycles. The van der Waals surface area contributed by atoms with E-state index in [9.17, 15) is 18.0 Å². The molecule has 2 saturated heterocycles. The lowest BCUT2D eigenvalue weighted by Crippen LogP contribution is -2.61. The Morgan fingerprint density at radius 1 is 1.24 bits per heavy atom. The molecule has 1 amide bonds. The van der Waals surface area contributed by atoms with Gasteiger partial charge in [-0.1, -0.05) is 6.07 Å². The van der Waals surface area contributed by atoms with E-state index in [-0.39, 0.29) is 5.88 Å². The standard InChI is InChI=1S/C18H23F3N2O6/c1-9-12-14(29-17(2,3)28-12)13(15(26-9)16(24)23(4)25-5)27-11-8-6-7-10(22-11)18(19,20)21/h6-9,12-15H,1-5H3/t9-,12+,13-,14+,15+/m1/s1. The van der Waals surface area contributed by atoms with Gasteiger partial charge in [-0.25, -0.2) is 10.0 Å². The number of hydroxylamine groups is 2. The highest BCUT2D eigenvalue weighted by Crippen LogP contribution is 2.39. The molecule has 2 aliphatic heterocycles. The molecule has 0 unspecified atom stereocenters. The van der Waals surface area contributed by atoms with E-state index in [1.54, 1.807) is 20.8 Å². The SMILES string of the molecule is CON(C)C(=O)[C@H]1O[C@H](C)[C@@H]2OC(C)(C)O[C@@H]2[C@H]1Oc1cccc(C(F)(F)F)n1. The second-order valence-corrected chi connectivity index (χ2v) is 7.29. The monoisotopic (exact) mass is 420 g/mol. The topological polar surface area (TPSA) is 79.4 Å². The van der Waals surface area contributed by atoms with Crippen LogP contribution in [0.4, 0.5) is 13.2 Å². The Bertz CT molecular complexity index is 759. The Morgan fingerprint density at radius 2 is 1.90 bits per heavy atom. The van der Waals surface area contributed by atoms with E-state index >= 15 is 0 Å². The zero-order valence-corrected chi connectivity index (χ0v) is 16.6. The molecule has 0 bridgehead atoms. The van der Waals surface area contributed by atoms with Gasteiger partial charge in [0.05, 0.1) is 13.2 Å². The first kappa shape index (κ1) is 21.8. The van der Waals surface area contributed by atoms with Gasteiger partial charge in [0, 0.05) is 13.1 Å². The molecule has 0 aromatic carbocycles. The highest BCUT2D eigenvalue weighted by atomic mass is 19.4. The third kappa shape index (κ3) is 4.47. The molecule has 2 fully saturated rings. The molecule has 2 aliphatic rings. The predicted molar refractivity (Wildman–Crippen MR) is 91.6 cm³/mol. The highest BCUT2D eigenvalue weighted by Gasteiger charge is 2.57. The van der Waals surface area contributed by atoms with Crippen molar-refractivity contribution in [2.24, 2.45) is 0 Å². The van der Waals surface area contributed by atoms with Crippen molar-refractivity contribution in [3.05, 3.63) is 23.9 Å². The van der Waals surface area contributed by atoms with Crippen LogP contribution in [0.5, 0.6) is 5.88 Å². The van der Waals surface area contributed by atoms with Crippen LogP contribution in [0.25, 0.3) is 0 Å². The molecule has 162 valence electrons. The first-order valence-electron chi connectivity index (χ1n) is 8.96. The van der Waals surface area contributed by atoms with Crippen LogP contribution in [-0.4, -0.2) is 66.4 Å². The highest BCUT2D eigenvalue weighted by molar-refractivity contribution is 5.80. The van der Waals surface area contributed by atoms with Crippen molar-refractivity contribution >= 4 is 5.91 Å². The van der Waals surface area contributed by atoms with Crippen molar-refractivity contribution in [2.45, 2.75) is 63.3 Å². The first-order chi connectivity index (χ1) is 13.4. The van der Waals surface area contributed by atoms with E-state index in [1.165, 1.54) is 26.3 Å². The lowest BCUT2D eigenvalue weighted by Gasteiger charge is -2.40. The minimum absolute atomic E-state index is 0.312. The summed E-state index contributed by atoms with van der Waals surface area (Å²) in [5, 5.41) is 0.953. The van der Waals surface area contributed by atoms with Gasteiger partial charge in [-0.2, -0.15) is 13.2 Å². The number of ether oxygens (including phenoxy) is 4. The Kier molecular flexibility index (Phi) is 5.78. The van der Waals surface area contributed by atoms with Crippen molar-refractivity contribution in [3.8, 4) is 5.88 Å². The minimum Gasteiger partial charge on any atom is -0.468 e. The van der Waals surface area contributed by atoms with Crippen LogP contribution in [0.15, 0.2) is 18.2 Å². The number of aromatic nitrogens is 1. The van der Waals surface area contributed by atoms with Crippen LogP contribution >= 0.6 is 0 Å². The molecule has 8 nitrogen and oxygen atoms in total. The second-order valence-electron chi connectivity index (χ2n) is 7.29. The van der Waals surface area contributed by atoms with E-state index in [0.717, 1.165) is 11.1 Å². The Hall–Kier alpha value is -1.95. The average Bonchev–Trinajstić information content (AvgIpc) is 2.98. The summed E-state index contributed by atoms with van der Waals surface area (Å²) in [5.74, 6) is -1.88. The van der Waals surface area contributed by atoms with Crippen molar-refractivity contribution < 1.29 is 41.8 Å². The first-order valence-corrected chi connectivity index (χ1v) is 8.96. The number of hydrogen-bond donors (Lipinski definition) is 0. The molecule has 0 radical (unpaired) electrons. The maximum atomic E-state index is 13.0. The van der Waals surface area contributed by atoms with Crippen LogP contribution in [0.1, 0.15) is 26.5 Å². The smallest absolute Gasteiger partial charge is 0.433 e. The average molecular weight is 420 g/mol. The number of hydrogen-bond acceptors (Lipinski definition) is 7. The maximum absolute atomic E-state index is 13.0. The number of nitrogens with zero attached hydrogens (tertiary/aromatic N) is 2. The summed E-state index contributed by atoms with van der Waals surface area (Å²) in [6.07, 6.45) is -8.85. The summed E-state index contributed by atoms with van der Waals surface area (Å²) in [4.78, 5) is 21.2. The molecular formula is C18H23F3N2O6. The quantitative estimate of drug-likeness (QED) is 0.691. The zero-order valence-electron chi connectivity index (χ0n) is 16.6. The summed E-state index contributed by atoms with van der Waals surface area (Å²) < 4.78 is 62.3. The van der Waals surface area contributed by atoms with E-state index in [0.29, 0.717) is 0 Å². The van der Waals surface area contributed by atoms with Crippen LogP contribution in [0, 0.1) is 0 Å². The fourth-order valence-electron chi connectivity index (χ4n) is 3.37. The number of alkyl halides is 3. The van der Waals surface area contributed by atoms with Gasteiger partial charge >= 0.3 is 6.18 Å². The number of halogens is 3. The summed E-state index contributed by atoms with van der Waals surface area (Å²) in [7, 11) is 2.69. The van der Waals surface area contributed by atoms with Crippen molar-refractivity contribution in [1.29, 1.82) is 0 Å². The van der Waals surface area contributed by atoms with Gasteiger partial charge in [-0.3, -0.25) is 9.63 Å². The van der Waals surface area contributed by atoms with E-state index in [2.05, 4.69) is 4.98 Å². The molecule has 5 atom stereocenters. The summed E-state index contributed by atoms with van der Waals surface area (Å²) >= 11 is 0. The van der Waals surface area contributed by atoms with Gasteiger partial charge < -0.3 is 18.9 Å². The van der Waals surface area contributed by atoms with Crippen LogP contribution in [0.2, 0.25) is 0 Å². The number of carbonyl (C=O) groups excluding carboxylic acids is 1. The number of carbonyl (C=O) groups is 1. The summed E-state index contributed by atoms with van der Waals surface area (Å²) in [5.41, 5.74) is -1.11. The molecular weight excluding hydrogens is 397 g/mol. The van der Waals surface area contributed by atoms with Gasteiger partial charge in [0.15, 0.2) is 18.0 Å². The van der Waals surface area contributed by atoms with Gasteiger partial charge in [0.2, 0.25) is 5.88 Å². The second kappa shape index (κ2) is 7.71. The predicted octanol–water partition coefficient (Wildman–Crippen LogP) is 2.17. The van der Waals surface area contributed by atoms with Gasteiger partial charge in [0.25, 0.3) is 5.91 Å². The van der Waals surface area contributed by atoms with Crippen molar-refractivity contribution in [1.82, 2.24) is 10.0 Å². The summed E-state index contributed by atoms with van der Waals surface area (Å²) in [6, 6.07) is 3.27. The molecule has 1 aromatic heterocycles. The maximum Gasteiger partial charge on any atom is 0.433 e. The molecule has 0 saturated carbocycles. The normalized spacial score (nSPS) is 31.2. The van der Waals surface area contributed by atoms with Gasteiger partial charge in [0.1, 0.15) is 17.9 Å². The van der Waals surface area contributed by atoms with Gasteiger partial charge in [-0.05, 0) is 26.8 Å². The van der Waals surface area contributed by atoms with Crippen LogP contribution in [-0.2, 0) is 30.0 Å². The Balaban J connectivity index is 1.95. The number of likely N-dealkylation sites (N-methyl/N-ethyl adjacent to an activating group) is 1. The largest absolute Gasteiger partial charge is 0.468 e. The number of pyridine rings is 1. The molecule has 11 heteroatoms. The number of amides is 1. The van der Waals surface area contributed by atoms with Crippen LogP contribution in [0.3, 0.4) is 0 Å². The Labute approximate surface area is 165 Å². The fourth-order valence-corrected chi connectivity index (χ4v) is 3.37. The molecule has 3 heterocycles. The molecule has 0 spiro atoms. The van der Waals surface area contributed by atoms with E-state index in [1.807, 2.05) is 0 Å². The van der Waals surface area contributed by atoms with Crippen LogP contribution < -0.4 is 4.74 Å². The third-order valence-corrected chi connectivity index (χ3v) is 4.71. The lowest BCUT2D eigenvalue weighted by molar-refractivity contribution is -0.213. The number of fused-ring (bicyclic) bond motifs is 1. The van der Waals surface area contributed by atoms with Gasteiger partial charge in [-0.15, -0.1) is 0 Å². The minimum atomic E-state index is -4.64. The summed E-state index contributed by atoms with van der Waals surface area (Å²) in [6.45, 7) is 5.10.